The molecular formula is C26H40O4. The van der Waals surface area contributed by atoms with Crippen LogP contribution < -0.4 is 0 Å². The highest BCUT2D eigenvalue weighted by atomic mass is 16.5. The Kier molecular flexibility index (Phi) is 5.91. The van der Waals surface area contributed by atoms with E-state index in [2.05, 4.69) is 20.8 Å². The second-order valence-corrected chi connectivity index (χ2v) is 11.5. The van der Waals surface area contributed by atoms with E-state index in [4.69, 9.17) is 4.74 Å². The number of ether oxygens (including phenoxy) is 1. The summed E-state index contributed by atoms with van der Waals surface area (Å²) >= 11 is 0. The Morgan fingerprint density at radius 2 is 1.93 bits per heavy atom. The minimum atomic E-state index is -0.222. The predicted octanol–water partition coefficient (Wildman–Crippen LogP) is 5.23. The maximum absolute atomic E-state index is 13.8. The number of esters is 1. The van der Waals surface area contributed by atoms with Gasteiger partial charge in [-0.25, -0.2) is 0 Å². The molecule has 4 aliphatic rings. The topological polar surface area (TPSA) is 60.4 Å². The van der Waals surface area contributed by atoms with Crippen molar-refractivity contribution in [3.8, 4) is 0 Å². The van der Waals surface area contributed by atoms with Gasteiger partial charge in [-0.1, -0.05) is 20.8 Å². The molecule has 0 N–H and O–H groups in total. The molecule has 4 fully saturated rings. The third kappa shape index (κ3) is 3.28. The predicted molar refractivity (Wildman–Crippen MR) is 116 cm³/mol. The van der Waals surface area contributed by atoms with E-state index in [1.165, 1.54) is 26.2 Å². The third-order valence-corrected chi connectivity index (χ3v) is 10.5. The van der Waals surface area contributed by atoms with Crippen LogP contribution in [-0.2, 0) is 19.1 Å². The van der Waals surface area contributed by atoms with Crippen molar-refractivity contribution in [2.75, 3.05) is 7.11 Å². The van der Waals surface area contributed by atoms with E-state index in [9.17, 15) is 14.4 Å². The van der Waals surface area contributed by atoms with E-state index in [1.54, 1.807) is 0 Å². The number of carbonyl (C=O) groups is 3. The van der Waals surface area contributed by atoms with Crippen LogP contribution >= 0.6 is 0 Å². The number of hydrogen-bond acceptors (Lipinski definition) is 4. The summed E-state index contributed by atoms with van der Waals surface area (Å²) in [4.78, 5) is 36.8. The van der Waals surface area contributed by atoms with E-state index >= 15 is 0 Å². The summed E-state index contributed by atoms with van der Waals surface area (Å²) in [6.07, 6.45) is 11.1. The second kappa shape index (κ2) is 8.06. The highest BCUT2D eigenvalue weighted by Crippen LogP contribution is 2.67. The summed E-state index contributed by atoms with van der Waals surface area (Å²) < 4.78 is 4.84. The van der Waals surface area contributed by atoms with Crippen molar-refractivity contribution in [2.45, 2.75) is 85.0 Å². The van der Waals surface area contributed by atoms with E-state index < -0.39 is 0 Å². The fourth-order valence-electron chi connectivity index (χ4n) is 8.71. The molecule has 1 unspecified atom stereocenters. The van der Waals surface area contributed by atoms with Gasteiger partial charge in [0, 0.05) is 24.2 Å². The minimum absolute atomic E-state index is 0.145. The van der Waals surface area contributed by atoms with Gasteiger partial charge in [-0.15, -0.1) is 0 Å². The van der Waals surface area contributed by atoms with Gasteiger partial charge in [-0.2, -0.15) is 0 Å². The summed E-state index contributed by atoms with van der Waals surface area (Å²) in [5.74, 6) is 3.58. The quantitative estimate of drug-likeness (QED) is 0.455. The number of Topliss-reactive ketones (excluding diaryl/α,β-unsaturated/α-hetero) is 1. The lowest BCUT2D eigenvalue weighted by Gasteiger charge is -2.60. The average Bonchev–Trinajstić information content (AvgIpc) is 3.10. The highest BCUT2D eigenvalue weighted by Gasteiger charge is 2.63. The second-order valence-electron chi connectivity index (χ2n) is 11.5. The van der Waals surface area contributed by atoms with Gasteiger partial charge in [0.2, 0.25) is 0 Å². The van der Waals surface area contributed by atoms with Crippen LogP contribution in [0.2, 0.25) is 0 Å². The zero-order chi connectivity index (χ0) is 21.7. The largest absolute Gasteiger partial charge is 0.469 e. The minimum Gasteiger partial charge on any atom is -0.469 e. The van der Waals surface area contributed by atoms with E-state index in [-0.39, 0.29) is 22.7 Å². The maximum Gasteiger partial charge on any atom is 0.305 e. The first-order valence-electron chi connectivity index (χ1n) is 12.3. The fourth-order valence-corrected chi connectivity index (χ4v) is 8.71. The summed E-state index contributed by atoms with van der Waals surface area (Å²) in [7, 11) is 1.45. The Hall–Kier alpha value is -1.19. The molecule has 4 rings (SSSR count). The zero-order valence-electron chi connectivity index (χ0n) is 19.3. The molecule has 0 amide bonds. The van der Waals surface area contributed by atoms with Crippen LogP contribution in [0.4, 0.5) is 0 Å². The molecule has 0 heterocycles. The van der Waals surface area contributed by atoms with Crippen LogP contribution in [0.1, 0.15) is 85.0 Å². The Morgan fingerprint density at radius 1 is 1.17 bits per heavy atom. The van der Waals surface area contributed by atoms with Gasteiger partial charge >= 0.3 is 5.97 Å². The number of rotatable bonds is 5. The van der Waals surface area contributed by atoms with Crippen molar-refractivity contribution in [3.63, 3.8) is 0 Å². The van der Waals surface area contributed by atoms with Crippen LogP contribution in [0.25, 0.3) is 0 Å². The molecule has 0 aromatic heterocycles. The van der Waals surface area contributed by atoms with Crippen molar-refractivity contribution in [2.24, 2.45) is 52.3 Å². The molecule has 168 valence electrons. The molecule has 0 radical (unpaired) electrons. The van der Waals surface area contributed by atoms with Gasteiger partial charge in [0.15, 0.2) is 0 Å². The van der Waals surface area contributed by atoms with Crippen LogP contribution in [0.5, 0.6) is 0 Å². The molecule has 4 heteroatoms. The Bertz CT molecular complexity index is 701. The Morgan fingerprint density at radius 3 is 2.63 bits per heavy atom. The molecule has 4 nitrogen and oxygen atoms in total. The first kappa shape index (κ1) is 22.0. The van der Waals surface area contributed by atoms with Gasteiger partial charge in [0.1, 0.15) is 12.1 Å². The summed E-state index contributed by atoms with van der Waals surface area (Å²) in [6.45, 7) is 6.94. The number of methoxy groups -OCH3 is 1. The summed E-state index contributed by atoms with van der Waals surface area (Å²) in [5.41, 5.74) is 0.00784. The molecule has 0 aromatic carbocycles. The molecule has 0 aliphatic heterocycles. The van der Waals surface area contributed by atoms with Gasteiger partial charge in [-0.3, -0.25) is 9.59 Å². The fraction of sp³-hybridized carbons (Fsp3) is 0.885. The van der Waals surface area contributed by atoms with Crippen LogP contribution in [-0.4, -0.2) is 25.1 Å². The summed E-state index contributed by atoms with van der Waals surface area (Å²) in [6, 6.07) is 0. The lowest BCUT2D eigenvalue weighted by atomic mass is 9.43. The standard InChI is InChI=1S/C26H40O4/c1-16(5-10-24(29)30-4)20-8-9-21-19-7-6-18-13-17(15-27)11-12-25(18,2)22(19)14-23(28)26(20,21)3/h15-22H,5-14H2,1-4H3/t16-,17-,18-,19+,20-,21+,22?,25+,26-/m1/s1. The lowest BCUT2D eigenvalue weighted by molar-refractivity contribution is -0.159. The number of aldehydes is 1. The van der Waals surface area contributed by atoms with Gasteiger partial charge in [0.25, 0.3) is 0 Å². The molecule has 0 aromatic rings. The van der Waals surface area contributed by atoms with Gasteiger partial charge in [0.05, 0.1) is 7.11 Å². The molecule has 4 aliphatic carbocycles. The van der Waals surface area contributed by atoms with Crippen molar-refractivity contribution in [1.29, 1.82) is 0 Å². The first-order chi connectivity index (χ1) is 14.3. The monoisotopic (exact) mass is 416 g/mol. The molecular weight excluding hydrogens is 376 g/mol. The van der Waals surface area contributed by atoms with Crippen molar-refractivity contribution in [1.82, 2.24) is 0 Å². The maximum atomic E-state index is 13.8. The molecule has 30 heavy (non-hydrogen) atoms. The van der Waals surface area contributed by atoms with Gasteiger partial charge < -0.3 is 9.53 Å². The van der Waals surface area contributed by atoms with Crippen molar-refractivity contribution < 1.29 is 19.1 Å². The van der Waals surface area contributed by atoms with E-state index in [1.807, 2.05) is 0 Å². The highest BCUT2D eigenvalue weighted by molar-refractivity contribution is 5.87. The Balaban J connectivity index is 1.54. The number of hydrogen-bond donors (Lipinski definition) is 0. The Labute approximate surface area is 181 Å². The number of fused-ring (bicyclic) bond motifs is 5. The first-order valence-corrected chi connectivity index (χ1v) is 12.3. The lowest BCUT2D eigenvalue weighted by Crippen LogP contribution is -2.57. The van der Waals surface area contributed by atoms with Crippen molar-refractivity contribution in [3.05, 3.63) is 0 Å². The smallest absolute Gasteiger partial charge is 0.305 e. The van der Waals surface area contributed by atoms with Crippen LogP contribution in [0.3, 0.4) is 0 Å². The molecule has 0 bridgehead atoms. The average molecular weight is 417 g/mol. The van der Waals surface area contributed by atoms with E-state index in [0.29, 0.717) is 47.7 Å². The SMILES string of the molecule is COC(=O)CC[C@@H](C)[C@H]1CC[C@H]2[C@@H]3CC[C@@H]4C[C@H](C=O)CC[C@]4(C)C3CC(=O)[C@]12C. The van der Waals surface area contributed by atoms with E-state index in [0.717, 1.165) is 44.9 Å². The number of carbonyl (C=O) groups excluding carboxylic acids is 3. The van der Waals surface area contributed by atoms with Gasteiger partial charge in [-0.05, 0) is 92.3 Å². The molecule has 4 saturated carbocycles. The zero-order valence-corrected chi connectivity index (χ0v) is 19.3. The van der Waals surface area contributed by atoms with Crippen LogP contribution in [0, 0.1) is 52.3 Å². The number of ketones is 1. The summed E-state index contributed by atoms with van der Waals surface area (Å²) in [5, 5.41) is 0. The van der Waals surface area contributed by atoms with Crippen LogP contribution in [0.15, 0.2) is 0 Å². The normalized spacial score (nSPS) is 46.3. The molecule has 0 saturated heterocycles. The molecule has 9 atom stereocenters. The molecule has 0 spiro atoms. The van der Waals surface area contributed by atoms with Crippen molar-refractivity contribution >= 4 is 18.0 Å². The third-order valence-electron chi connectivity index (χ3n) is 10.5.